The number of hydrogen-bond donors (Lipinski definition) is 0. The summed E-state index contributed by atoms with van der Waals surface area (Å²) in [6, 6.07) is 10.1. The summed E-state index contributed by atoms with van der Waals surface area (Å²) in [6.45, 7) is 0. The van der Waals surface area contributed by atoms with Gasteiger partial charge in [0.25, 0.3) is 0 Å². The van der Waals surface area contributed by atoms with Gasteiger partial charge in [0.05, 0.1) is 11.8 Å². The topological polar surface area (TPSA) is 43.4 Å². The lowest BCUT2D eigenvalue weighted by atomic mass is 9.80. The number of hydrogen-bond acceptors (Lipinski definition) is 4. The second kappa shape index (κ2) is 4.50. The normalized spacial score (nSPS) is 41.9. The van der Waals surface area contributed by atoms with Gasteiger partial charge in [0.15, 0.2) is 0 Å². The fourth-order valence-electron chi connectivity index (χ4n) is 3.97. The summed E-state index contributed by atoms with van der Waals surface area (Å²) in [5.74, 6) is -0.995. The predicted octanol–water partition coefficient (Wildman–Crippen LogP) is 2.72. The summed E-state index contributed by atoms with van der Waals surface area (Å²) in [6.07, 6.45) is 0.870. The van der Waals surface area contributed by atoms with Crippen molar-refractivity contribution in [3.05, 3.63) is 30.3 Å². The Labute approximate surface area is 126 Å². The Balaban J connectivity index is 1.62. The molecule has 1 aliphatic heterocycles. The van der Waals surface area contributed by atoms with E-state index in [1.807, 2.05) is 18.2 Å². The first kappa shape index (κ1) is 12.7. The largest absolute Gasteiger partial charge is 0.393 e. The highest BCUT2D eigenvalue weighted by Gasteiger charge is 2.66. The molecule has 1 saturated heterocycles. The minimum Gasteiger partial charge on any atom is -0.393 e. The molecule has 3 aliphatic rings. The Hall–Kier alpha value is -1.00. The highest BCUT2D eigenvalue weighted by molar-refractivity contribution is 8.00. The van der Waals surface area contributed by atoms with Gasteiger partial charge in [-0.1, -0.05) is 18.2 Å². The van der Waals surface area contributed by atoms with Crippen molar-refractivity contribution in [3.63, 3.8) is 0 Å². The van der Waals surface area contributed by atoms with Crippen molar-refractivity contribution >= 4 is 35.3 Å². The molecule has 1 aromatic rings. The number of carbonyl (C=O) groups is 2. The number of thioether (sulfide) groups is 1. The molecule has 3 nitrogen and oxygen atoms in total. The molecule has 0 radical (unpaired) electrons. The summed E-state index contributed by atoms with van der Waals surface area (Å²) >= 11 is 8.29. The van der Waals surface area contributed by atoms with Crippen molar-refractivity contribution in [2.75, 3.05) is 0 Å². The van der Waals surface area contributed by atoms with E-state index in [2.05, 4.69) is 12.1 Å². The molecule has 5 heteroatoms. The molecule has 20 heavy (non-hydrogen) atoms. The van der Waals surface area contributed by atoms with E-state index in [1.165, 1.54) is 0 Å². The second-order valence-corrected chi connectivity index (χ2v) is 7.45. The molecule has 2 bridgehead atoms. The molecule has 1 heterocycles. The molecule has 2 aliphatic carbocycles. The Morgan fingerprint density at radius 1 is 1.05 bits per heavy atom. The van der Waals surface area contributed by atoms with Gasteiger partial charge < -0.3 is 4.74 Å². The molecular formula is C15H13ClO3S. The summed E-state index contributed by atoms with van der Waals surface area (Å²) in [4.78, 5) is 24.8. The number of cyclic esters (lactones) is 2. The number of fused-ring (bicyclic) bond motifs is 5. The van der Waals surface area contributed by atoms with E-state index in [0.29, 0.717) is 0 Å². The van der Waals surface area contributed by atoms with Crippen LogP contribution in [0.2, 0.25) is 0 Å². The fraction of sp³-hybridized carbons (Fsp3) is 0.467. The average molecular weight is 309 g/mol. The first-order valence-electron chi connectivity index (χ1n) is 6.78. The van der Waals surface area contributed by atoms with Gasteiger partial charge in [-0.3, -0.25) is 9.59 Å². The van der Waals surface area contributed by atoms with Crippen LogP contribution >= 0.6 is 23.4 Å². The maximum Gasteiger partial charge on any atom is 0.317 e. The summed E-state index contributed by atoms with van der Waals surface area (Å²) in [5.41, 5.74) is 0. The van der Waals surface area contributed by atoms with Crippen molar-refractivity contribution in [2.24, 2.45) is 23.7 Å². The molecule has 2 saturated carbocycles. The van der Waals surface area contributed by atoms with Crippen LogP contribution in [-0.2, 0) is 14.3 Å². The van der Waals surface area contributed by atoms with Gasteiger partial charge in [0.1, 0.15) is 0 Å². The number of ether oxygens (including phenoxy) is 1. The maximum atomic E-state index is 11.9. The number of rotatable bonds is 2. The maximum absolute atomic E-state index is 11.9. The second-order valence-electron chi connectivity index (χ2n) is 5.70. The number of alkyl halides is 1. The zero-order chi connectivity index (χ0) is 13.9. The van der Waals surface area contributed by atoms with Crippen LogP contribution < -0.4 is 0 Å². The molecule has 4 rings (SSSR count). The third-order valence-electron chi connectivity index (χ3n) is 4.76. The Kier molecular flexibility index (Phi) is 2.86. The summed E-state index contributed by atoms with van der Waals surface area (Å²) in [7, 11) is 0. The zero-order valence-corrected chi connectivity index (χ0v) is 12.1. The van der Waals surface area contributed by atoms with Gasteiger partial charge in [-0.15, -0.1) is 23.4 Å². The van der Waals surface area contributed by atoms with Gasteiger partial charge in [0, 0.05) is 15.5 Å². The van der Waals surface area contributed by atoms with Crippen molar-refractivity contribution in [2.45, 2.75) is 21.9 Å². The molecular weight excluding hydrogens is 296 g/mol. The van der Waals surface area contributed by atoms with Gasteiger partial charge in [0.2, 0.25) is 0 Å². The molecule has 0 spiro atoms. The van der Waals surface area contributed by atoms with Gasteiger partial charge in [-0.2, -0.15) is 0 Å². The number of benzene rings is 1. The molecule has 104 valence electrons. The van der Waals surface area contributed by atoms with Crippen LogP contribution in [0.25, 0.3) is 0 Å². The lowest BCUT2D eigenvalue weighted by Crippen LogP contribution is -2.39. The standard InChI is InChI=1S/C15H13ClO3S/c16-12-8-6-9(11-10(8)14(17)19-15(11)18)13(12)20-7-4-2-1-3-5-7/h1-5,8-13H,6H2/t8-,9-,10-,11-,12+,13-/m1/s1. The van der Waals surface area contributed by atoms with E-state index in [-0.39, 0.29) is 46.2 Å². The number of esters is 2. The predicted molar refractivity (Wildman–Crippen MR) is 75.4 cm³/mol. The highest BCUT2D eigenvalue weighted by atomic mass is 35.5. The Bertz CT molecular complexity index is 576. The molecule has 0 amide bonds. The fourth-order valence-corrected chi connectivity index (χ4v) is 5.99. The molecule has 0 aromatic heterocycles. The van der Waals surface area contributed by atoms with E-state index in [4.69, 9.17) is 16.3 Å². The van der Waals surface area contributed by atoms with Crippen LogP contribution in [0.3, 0.4) is 0 Å². The first-order chi connectivity index (χ1) is 9.66. The molecule has 3 fully saturated rings. The lowest BCUT2D eigenvalue weighted by molar-refractivity contribution is -0.154. The van der Waals surface area contributed by atoms with Gasteiger partial charge >= 0.3 is 11.9 Å². The SMILES string of the molecule is O=C1OC(=O)[C@@H]2[C@H]3C[C@@H]([C@H](Cl)[C@@H]3Sc3ccccc3)[C@@H]12. The van der Waals surface area contributed by atoms with Crippen LogP contribution in [0.4, 0.5) is 0 Å². The monoisotopic (exact) mass is 308 g/mol. The van der Waals surface area contributed by atoms with Crippen LogP contribution in [0.15, 0.2) is 35.2 Å². The van der Waals surface area contributed by atoms with Crippen molar-refractivity contribution in [1.29, 1.82) is 0 Å². The van der Waals surface area contributed by atoms with Crippen molar-refractivity contribution < 1.29 is 14.3 Å². The Morgan fingerprint density at radius 2 is 1.70 bits per heavy atom. The van der Waals surface area contributed by atoms with Crippen LogP contribution in [-0.4, -0.2) is 22.6 Å². The molecule has 0 N–H and O–H groups in total. The minimum atomic E-state index is -0.360. The van der Waals surface area contributed by atoms with Crippen molar-refractivity contribution in [1.82, 2.24) is 0 Å². The lowest BCUT2D eigenvalue weighted by Gasteiger charge is -2.31. The minimum absolute atomic E-state index is 0.0649. The highest BCUT2D eigenvalue weighted by Crippen LogP contribution is 2.60. The van der Waals surface area contributed by atoms with E-state index in [1.54, 1.807) is 11.8 Å². The average Bonchev–Trinajstić information content (AvgIpc) is 3.05. The molecule has 1 aromatic carbocycles. The molecule has 0 unspecified atom stereocenters. The van der Waals surface area contributed by atoms with Gasteiger partial charge in [-0.25, -0.2) is 0 Å². The van der Waals surface area contributed by atoms with E-state index in [9.17, 15) is 9.59 Å². The van der Waals surface area contributed by atoms with Crippen LogP contribution in [0.5, 0.6) is 0 Å². The van der Waals surface area contributed by atoms with Crippen molar-refractivity contribution in [3.8, 4) is 0 Å². The third kappa shape index (κ3) is 1.67. The van der Waals surface area contributed by atoms with E-state index < -0.39 is 0 Å². The molecule has 6 atom stereocenters. The Morgan fingerprint density at radius 3 is 2.40 bits per heavy atom. The first-order valence-corrected chi connectivity index (χ1v) is 8.10. The van der Waals surface area contributed by atoms with E-state index in [0.717, 1.165) is 11.3 Å². The summed E-state index contributed by atoms with van der Waals surface area (Å²) < 4.78 is 4.81. The zero-order valence-electron chi connectivity index (χ0n) is 10.6. The third-order valence-corrected chi connectivity index (χ3v) is 6.96. The van der Waals surface area contributed by atoms with E-state index >= 15 is 0 Å². The van der Waals surface area contributed by atoms with Crippen LogP contribution in [0.1, 0.15) is 6.42 Å². The number of carbonyl (C=O) groups excluding carboxylic acids is 2. The van der Waals surface area contributed by atoms with Gasteiger partial charge in [-0.05, 0) is 30.4 Å². The van der Waals surface area contributed by atoms with Crippen LogP contribution in [0, 0.1) is 23.7 Å². The smallest absolute Gasteiger partial charge is 0.317 e. The number of halogens is 1. The quantitative estimate of drug-likeness (QED) is 0.479. The summed E-state index contributed by atoms with van der Waals surface area (Å²) in [5, 5.41) is 0.119.